The van der Waals surface area contributed by atoms with Crippen LogP contribution in [-0.2, 0) is 11.0 Å². The molecule has 9 nitrogen and oxygen atoms in total. The van der Waals surface area contributed by atoms with Crippen LogP contribution in [0, 0.1) is 0 Å². The number of carbonyl (C=O) groups is 3. The molecule has 0 radical (unpaired) electrons. The number of nitrogens with one attached hydrogen (secondary N) is 2. The van der Waals surface area contributed by atoms with Crippen LogP contribution in [0.5, 0.6) is 5.75 Å². The third-order valence-corrected chi connectivity index (χ3v) is 5.38. The Morgan fingerprint density at radius 1 is 0.927 bits per heavy atom. The first-order valence-corrected chi connectivity index (χ1v) is 11.5. The highest BCUT2D eigenvalue weighted by molar-refractivity contribution is 6.12. The maximum Gasteiger partial charge on any atom is 0.422 e. The number of carbonyl (C=O) groups excluding carboxylic acids is 2. The number of nitrogens with zero attached hydrogens (tertiary/aromatic N) is 2. The molecule has 0 bridgehead atoms. The molecule has 1 aromatic heterocycles. The maximum atomic E-state index is 13.6. The van der Waals surface area contributed by atoms with Crippen molar-refractivity contribution in [1.82, 2.24) is 4.98 Å². The zero-order chi connectivity index (χ0) is 30.5. The minimum absolute atomic E-state index is 0.102. The van der Waals surface area contributed by atoms with Crippen LogP contribution in [0.15, 0.2) is 54.7 Å². The minimum Gasteiger partial charge on any atom is -0.483 e. The highest BCUT2D eigenvalue weighted by atomic mass is 19.4. The SMILES string of the molecule is CN(C)c1ccc(-c2cccc(C(=O)CC(=O)Nc3cc(C(F)(F)F)c(OCC(F)(F)F)cc3NC(=O)O)c2)cn1. The van der Waals surface area contributed by atoms with Crippen molar-refractivity contribution in [1.29, 1.82) is 0 Å². The van der Waals surface area contributed by atoms with E-state index >= 15 is 0 Å². The number of anilines is 3. The van der Waals surface area contributed by atoms with Gasteiger partial charge in [-0.3, -0.25) is 14.9 Å². The standard InChI is InChI=1S/C26H22F6N4O5/c1-36(2)22-7-6-16(12-33-22)14-4-3-5-15(8-14)20(37)11-23(38)34-18-9-17(26(30,31)32)21(41-13-25(27,28)29)10-19(18)35-24(39)40/h3-10,12,35H,11,13H2,1-2H3,(H,34,38)(H,39,40). The molecule has 41 heavy (non-hydrogen) atoms. The Morgan fingerprint density at radius 2 is 1.61 bits per heavy atom. The zero-order valence-electron chi connectivity index (χ0n) is 21.4. The number of benzene rings is 2. The number of ether oxygens (including phenoxy) is 1. The van der Waals surface area contributed by atoms with Crippen LogP contribution in [0.4, 0.5) is 48.3 Å². The molecule has 2 amide bonds. The van der Waals surface area contributed by atoms with E-state index in [4.69, 9.17) is 5.11 Å². The molecule has 1 heterocycles. The van der Waals surface area contributed by atoms with Crippen LogP contribution in [0.1, 0.15) is 22.3 Å². The van der Waals surface area contributed by atoms with Crippen molar-refractivity contribution in [2.75, 3.05) is 36.2 Å². The maximum absolute atomic E-state index is 13.6. The Bertz CT molecular complexity index is 1440. The van der Waals surface area contributed by atoms with Crippen LogP contribution < -0.4 is 20.3 Å². The van der Waals surface area contributed by atoms with Gasteiger partial charge in [0, 0.05) is 37.5 Å². The van der Waals surface area contributed by atoms with Crippen LogP contribution in [0.2, 0.25) is 0 Å². The molecule has 3 rings (SSSR count). The van der Waals surface area contributed by atoms with Crippen molar-refractivity contribution in [3.8, 4) is 16.9 Å². The molecule has 0 saturated heterocycles. The number of hydrogen-bond donors (Lipinski definition) is 3. The second kappa shape index (κ2) is 12.1. The van der Waals surface area contributed by atoms with Crippen molar-refractivity contribution in [3.63, 3.8) is 0 Å². The number of halogens is 6. The number of carboxylic acid groups (broad SMARTS) is 1. The quantitative estimate of drug-likeness (QED) is 0.159. The summed E-state index contributed by atoms with van der Waals surface area (Å²) in [4.78, 5) is 42.6. The second-order valence-electron chi connectivity index (χ2n) is 8.75. The van der Waals surface area contributed by atoms with E-state index in [0.29, 0.717) is 23.0 Å². The summed E-state index contributed by atoms with van der Waals surface area (Å²) in [6, 6.07) is 10.3. The van der Waals surface area contributed by atoms with Crippen molar-refractivity contribution in [2.24, 2.45) is 0 Å². The van der Waals surface area contributed by atoms with Gasteiger partial charge in [-0.1, -0.05) is 18.2 Å². The smallest absolute Gasteiger partial charge is 0.422 e. The molecule has 0 aliphatic rings. The third kappa shape index (κ3) is 8.58. The van der Waals surface area contributed by atoms with Crippen molar-refractivity contribution >= 4 is 35.0 Å². The first kappa shape index (κ1) is 30.7. The van der Waals surface area contributed by atoms with Crippen LogP contribution >= 0.6 is 0 Å². The molecule has 0 saturated carbocycles. The van der Waals surface area contributed by atoms with E-state index < -0.39 is 65.9 Å². The summed E-state index contributed by atoms with van der Waals surface area (Å²) in [6.45, 7) is -2.09. The number of hydrogen-bond acceptors (Lipinski definition) is 6. The van der Waals surface area contributed by atoms with Gasteiger partial charge in [0.2, 0.25) is 5.91 Å². The fourth-order valence-corrected chi connectivity index (χ4v) is 3.54. The number of pyridine rings is 1. The highest BCUT2D eigenvalue weighted by Crippen LogP contribution is 2.42. The van der Waals surface area contributed by atoms with E-state index in [1.165, 1.54) is 12.1 Å². The van der Waals surface area contributed by atoms with Gasteiger partial charge in [-0.05, 0) is 29.8 Å². The largest absolute Gasteiger partial charge is 0.483 e. The van der Waals surface area contributed by atoms with Crippen molar-refractivity contribution in [2.45, 2.75) is 18.8 Å². The lowest BCUT2D eigenvalue weighted by atomic mass is 10.0. The Labute approximate surface area is 228 Å². The Morgan fingerprint density at radius 3 is 2.17 bits per heavy atom. The lowest BCUT2D eigenvalue weighted by molar-refractivity contribution is -0.158. The Kier molecular flexibility index (Phi) is 9.10. The number of Topliss-reactive ketones (excluding diaryl/α,β-unsaturated/α-hetero) is 1. The van der Waals surface area contributed by atoms with Gasteiger partial charge in [-0.15, -0.1) is 0 Å². The summed E-state index contributed by atoms with van der Waals surface area (Å²) in [5, 5.41) is 12.7. The fourth-order valence-electron chi connectivity index (χ4n) is 3.54. The normalized spacial score (nSPS) is 11.5. The van der Waals surface area contributed by atoms with Crippen molar-refractivity contribution in [3.05, 3.63) is 65.9 Å². The average molecular weight is 584 g/mol. The first-order chi connectivity index (χ1) is 19.0. The van der Waals surface area contributed by atoms with Crippen LogP contribution in [0.3, 0.4) is 0 Å². The van der Waals surface area contributed by atoms with Gasteiger partial charge in [-0.25, -0.2) is 9.78 Å². The van der Waals surface area contributed by atoms with Gasteiger partial charge < -0.3 is 20.1 Å². The van der Waals surface area contributed by atoms with Crippen LogP contribution in [0.25, 0.3) is 11.1 Å². The lowest BCUT2D eigenvalue weighted by Crippen LogP contribution is -2.22. The fraction of sp³-hybridized carbons (Fsp3) is 0.231. The molecule has 0 spiro atoms. The summed E-state index contributed by atoms with van der Waals surface area (Å²) in [5.41, 5.74) is -1.79. The summed E-state index contributed by atoms with van der Waals surface area (Å²) < 4.78 is 82.6. The van der Waals surface area contributed by atoms with E-state index in [0.717, 1.165) is 0 Å². The molecule has 0 aliphatic heterocycles. The van der Waals surface area contributed by atoms with Gasteiger partial charge in [0.15, 0.2) is 12.4 Å². The summed E-state index contributed by atoms with van der Waals surface area (Å²) in [6.07, 6.45) is -11.3. The highest BCUT2D eigenvalue weighted by Gasteiger charge is 2.37. The Hall–Kier alpha value is -4.82. The van der Waals surface area contributed by atoms with E-state index in [-0.39, 0.29) is 11.6 Å². The molecule has 0 atom stereocenters. The Balaban J connectivity index is 1.85. The molecule has 0 unspecified atom stereocenters. The van der Waals surface area contributed by atoms with Crippen molar-refractivity contribution < 1.29 is 50.6 Å². The van der Waals surface area contributed by atoms with Crippen LogP contribution in [-0.4, -0.2) is 54.8 Å². The predicted octanol–water partition coefficient (Wildman–Crippen LogP) is 6.08. The summed E-state index contributed by atoms with van der Waals surface area (Å²) in [5.74, 6) is -2.44. The monoisotopic (exact) mass is 584 g/mol. The van der Waals surface area contributed by atoms with Gasteiger partial charge in [0.1, 0.15) is 11.6 Å². The van der Waals surface area contributed by atoms with Gasteiger partial charge in [0.05, 0.1) is 23.4 Å². The predicted molar refractivity (Wildman–Crippen MR) is 136 cm³/mol. The van der Waals surface area contributed by atoms with Gasteiger partial charge in [-0.2, -0.15) is 26.3 Å². The number of ketones is 1. The van der Waals surface area contributed by atoms with E-state index in [1.54, 1.807) is 40.7 Å². The van der Waals surface area contributed by atoms with E-state index in [1.807, 2.05) is 19.4 Å². The second-order valence-corrected chi connectivity index (χ2v) is 8.75. The molecule has 0 aliphatic carbocycles. The molecular weight excluding hydrogens is 562 g/mol. The number of amides is 2. The molecule has 2 aromatic carbocycles. The molecule has 15 heteroatoms. The molecule has 218 valence electrons. The summed E-state index contributed by atoms with van der Waals surface area (Å²) >= 11 is 0. The minimum atomic E-state index is -5.24. The van der Waals surface area contributed by atoms with E-state index in [2.05, 4.69) is 9.72 Å². The zero-order valence-corrected chi connectivity index (χ0v) is 21.4. The molecule has 0 fully saturated rings. The van der Waals surface area contributed by atoms with E-state index in [9.17, 15) is 40.7 Å². The first-order valence-electron chi connectivity index (χ1n) is 11.5. The van der Waals surface area contributed by atoms with Gasteiger partial charge in [0.25, 0.3) is 0 Å². The number of rotatable bonds is 9. The topological polar surface area (TPSA) is 121 Å². The number of alkyl halides is 6. The molecule has 3 N–H and O–H groups in total. The molecular formula is C26H22F6N4O5. The van der Waals surface area contributed by atoms with Gasteiger partial charge >= 0.3 is 18.4 Å². The average Bonchev–Trinajstić information content (AvgIpc) is 2.87. The number of aromatic nitrogens is 1. The third-order valence-electron chi connectivity index (χ3n) is 5.38. The lowest BCUT2D eigenvalue weighted by Gasteiger charge is -2.19. The summed E-state index contributed by atoms with van der Waals surface area (Å²) in [7, 11) is 3.63. The molecule has 3 aromatic rings.